The lowest BCUT2D eigenvalue weighted by Gasteiger charge is -2.25. The van der Waals surface area contributed by atoms with Gasteiger partial charge >= 0.3 is 0 Å². The van der Waals surface area contributed by atoms with Crippen LogP contribution in [0.4, 0.5) is 0 Å². The molecule has 0 atom stereocenters. The summed E-state index contributed by atoms with van der Waals surface area (Å²) in [6.07, 6.45) is 2.79. The van der Waals surface area contributed by atoms with Gasteiger partial charge in [-0.15, -0.1) is 0 Å². The van der Waals surface area contributed by atoms with Gasteiger partial charge in [-0.25, -0.2) is 0 Å². The Morgan fingerprint density at radius 3 is 2.53 bits per heavy atom. The van der Waals surface area contributed by atoms with Crippen LogP contribution in [0.15, 0.2) is 18.2 Å². The van der Waals surface area contributed by atoms with Gasteiger partial charge in [-0.1, -0.05) is 32.9 Å². The zero-order valence-electron chi connectivity index (χ0n) is 11.4. The first-order valence-corrected chi connectivity index (χ1v) is 6.29. The first-order chi connectivity index (χ1) is 8.02. The highest BCUT2D eigenvalue weighted by Gasteiger charge is 2.20. The number of methoxy groups -OCH3 is 1. The van der Waals surface area contributed by atoms with Crippen LogP contribution in [0.5, 0.6) is 5.75 Å². The molecule has 2 heteroatoms. The molecule has 0 aliphatic heterocycles. The van der Waals surface area contributed by atoms with Gasteiger partial charge < -0.3 is 9.84 Å². The highest BCUT2D eigenvalue weighted by Crippen LogP contribution is 2.31. The molecule has 0 bridgehead atoms. The summed E-state index contributed by atoms with van der Waals surface area (Å²) in [6, 6.07) is 6.38. The third-order valence-electron chi connectivity index (χ3n) is 3.21. The van der Waals surface area contributed by atoms with Gasteiger partial charge in [0.1, 0.15) is 5.75 Å². The highest BCUT2D eigenvalue weighted by atomic mass is 16.5. The van der Waals surface area contributed by atoms with E-state index in [1.165, 1.54) is 11.1 Å². The quantitative estimate of drug-likeness (QED) is 0.822. The minimum Gasteiger partial charge on any atom is -0.496 e. The minimum absolute atomic E-state index is 0.106. The van der Waals surface area contributed by atoms with Gasteiger partial charge in [-0.05, 0) is 41.9 Å². The Labute approximate surface area is 105 Å². The monoisotopic (exact) mass is 236 g/mol. The lowest BCUT2D eigenvalue weighted by molar-refractivity contribution is 0.209. The number of aliphatic hydroxyl groups is 1. The Hall–Kier alpha value is -1.02. The molecule has 17 heavy (non-hydrogen) atoms. The van der Waals surface area contributed by atoms with Crippen molar-refractivity contribution in [2.24, 2.45) is 5.41 Å². The van der Waals surface area contributed by atoms with E-state index < -0.39 is 0 Å². The summed E-state index contributed by atoms with van der Waals surface area (Å²) < 4.78 is 5.41. The van der Waals surface area contributed by atoms with Crippen molar-refractivity contribution < 1.29 is 9.84 Å². The number of aliphatic hydroxyl groups excluding tert-OH is 1. The van der Waals surface area contributed by atoms with Crippen molar-refractivity contribution in [1.82, 2.24) is 0 Å². The van der Waals surface area contributed by atoms with Crippen LogP contribution in [0.2, 0.25) is 0 Å². The number of rotatable bonds is 6. The molecule has 2 nitrogen and oxygen atoms in total. The van der Waals surface area contributed by atoms with Crippen LogP contribution in [0.3, 0.4) is 0 Å². The Balaban J connectivity index is 2.94. The summed E-state index contributed by atoms with van der Waals surface area (Å²) >= 11 is 0. The summed E-state index contributed by atoms with van der Waals surface area (Å²) in [5, 5.41) is 9.08. The Morgan fingerprint density at radius 2 is 2.00 bits per heavy atom. The summed E-state index contributed by atoms with van der Waals surface area (Å²) in [6.45, 7) is 6.76. The van der Waals surface area contributed by atoms with Gasteiger partial charge in [0.25, 0.3) is 0 Å². The predicted octanol–water partition coefficient (Wildman–Crippen LogP) is 3.21. The lowest BCUT2D eigenvalue weighted by atomic mass is 9.82. The van der Waals surface area contributed by atoms with E-state index in [1.807, 2.05) is 6.07 Å². The van der Waals surface area contributed by atoms with Gasteiger partial charge in [-0.3, -0.25) is 0 Å². The van der Waals surface area contributed by atoms with Gasteiger partial charge in [0.05, 0.1) is 7.11 Å². The largest absolute Gasteiger partial charge is 0.496 e. The maximum absolute atomic E-state index is 9.08. The molecule has 0 saturated carbocycles. The number of aryl methyl sites for hydroxylation is 1. The van der Waals surface area contributed by atoms with Crippen LogP contribution >= 0.6 is 0 Å². The van der Waals surface area contributed by atoms with E-state index in [0.717, 1.165) is 25.0 Å². The summed E-state index contributed by atoms with van der Waals surface area (Å²) in [5.74, 6) is 0.952. The zero-order chi connectivity index (χ0) is 12.9. The second-order valence-electron chi connectivity index (χ2n) is 5.31. The molecule has 0 fully saturated rings. The fourth-order valence-electron chi connectivity index (χ4n) is 2.10. The molecule has 1 rings (SSSR count). The number of hydrogen-bond donors (Lipinski definition) is 1. The first kappa shape index (κ1) is 14.0. The van der Waals surface area contributed by atoms with Crippen LogP contribution in [0.25, 0.3) is 0 Å². The van der Waals surface area contributed by atoms with E-state index in [1.54, 1.807) is 7.11 Å². The van der Waals surface area contributed by atoms with E-state index in [0.29, 0.717) is 0 Å². The van der Waals surface area contributed by atoms with Gasteiger partial charge in [0, 0.05) is 6.61 Å². The molecule has 1 N–H and O–H groups in total. The SMILES string of the molecule is CCc1ccc(OC)c(CC(C)(C)CCO)c1. The molecule has 1 aromatic carbocycles. The van der Waals surface area contributed by atoms with E-state index in [4.69, 9.17) is 9.84 Å². The van der Waals surface area contributed by atoms with E-state index in [2.05, 4.69) is 32.9 Å². The molecular weight excluding hydrogens is 212 g/mol. The molecule has 0 aromatic heterocycles. The van der Waals surface area contributed by atoms with Crippen LogP contribution < -0.4 is 4.74 Å². The third kappa shape index (κ3) is 4.04. The molecule has 0 aliphatic rings. The Morgan fingerprint density at radius 1 is 1.29 bits per heavy atom. The van der Waals surface area contributed by atoms with Crippen molar-refractivity contribution in [3.8, 4) is 5.75 Å². The van der Waals surface area contributed by atoms with Crippen molar-refractivity contribution in [1.29, 1.82) is 0 Å². The normalized spacial score (nSPS) is 11.6. The summed E-state index contributed by atoms with van der Waals surface area (Å²) in [7, 11) is 1.71. The molecular formula is C15H24O2. The Kier molecular flexibility index (Phi) is 5.01. The number of benzene rings is 1. The van der Waals surface area contributed by atoms with Crippen LogP contribution in [-0.4, -0.2) is 18.8 Å². The second-order valence-corrected chi connectivity index (χ2v) is 5.31. The zero-order valence-corrected chi connectivity index (χ0v) is 11.4. The number of hydrogen-bond acceptors (Lipinski definition) is 2. The van der Waals surface area contributed by atoms with Gasteiger partial charge in [-0.2, -0.15) is 0 Å². The van der Waals surface area contributed by atoms with Crippen molar-refractivity contribution in [2.45, 2.75) is 40.0 Å². The molecule has 0 unspecified atom stereocenters. The second kappa shape index (κ2) is 6.06. The Bertz CT molecular complexity index is 356. The molecule has 0 amide bonds. The maximum Gasteiger partial charge on any atom is 0.122 e. The predicted molar refractivity (Wildman–Crippen MR) is 71.6 cm³/mol. The van der Waals surface area contributed by atoms with Crippen LogP contribution in [-0.2, 0) is 12.8 Å². The van der Waals surface area contributed by atoms with Crippen LogP contribution in [0, 0.1) is 5.41 Å². The first-order valence-electron chi connectivity index (χ1n) is 6.29. The van der Waals surface area contributed by atoms with Crippen LogP contribution in [0.1, 0.15) is 38.3 Å². The molecule has 1 aromatic rings. The fraction of sp³-hybridized carbons (Fsp3) is 0.600. The smallest absolute Gasteiger partial charge is 0.122 e. The molecule has 0 aliphatic carbocycles. The van der Waals surface area contributed by atoms with Crippen molar-refractivity contribution in [3.63, 3.8) is 0 Å². The summed E-state index contributed by atoms with van der Waals surface area (Å²) in [4.78, 5) is 0. The average Bonchev–Trinajstić information content (AvgIpc) is 2.28. The molecule has 96 valence electrons. The minimum atomic E-state index is 0.106. The molecule has 0 radical (unpaired) electrons. The molecule has 0 heterocycles. The topological polar surface area (TPSA) is 29.5 Å². The van der Waals surface area contributed by atoms with Crippen molar-refractivity contribution >= 4 is 0 Å². The lowest BCUT2D eigenvalue weighted by Crippen LogP contribution is -2.17. The highest BCUT2D eigenvalue weighted by molar-refractivity contribution is 5.38. The standard InChI is InChI=1S/C15H24O2/c1-5-12-6-7-14(17-4)13(10-12)11-15(2,3)8-9-16/h6-7,10,16H,5,8-9,11H2,1-4H3. The maximum atomic E-state index is 9.08. The van der Waals surface area contributed by atoms with E-state index in [9.17, 15) is 0 Å². The van der Waals surface area contributed by atoms with E-state index >= 15 is 0 Å². The summed E-state index contributed by atoms with van der Waals surface area (Å²) in [5.41, 5.74) is 2.68. The molecule has 0 saturated heterocycles. The third-order valence-corrected chi connectivity index (χ3v) is 3.21. The van der Waals surface area contributed by atoms with E-state index in [-0.39, 0.29) is 12.0 Å². The average molecular weight is 236 g/mol. The fourth-order valence-corrected chi connectivity index (χ4v) is 2.10. The van der Waals surface area contributed by atoms with Crippen molar-refractivity contribution in [3.05, 3.63) is 29.3 Å². The van der Waals surface area contributed by atoms with Gasteiger partial charge in [0.2, 0.25) is 0 Å². The van der Waals surface area contributed by atoms with Gasteiger partial charge in [0.15, 0.2) is 0 Å². The molecule has 0 spiro atoms. The number of ether oxygens (including phenoxy) is 1. The van der Waals surface area contributed by atoms with Crippen molar-refractivity contribution in [2.75, 3.05) is 13.7 Å².